The summed E-state index contributed by atoms with van der Waals surface area (Å²) in [5.41, 5.74) is 3.93. The Morgan fingerprint density at radius 3 is 1.30 bits per heavy atom. The highest BCUT2D eigenvalue weighted by Gasteiger charge is 2.26. The molecule has 4 aromatic rings. The molecule has 3 heteroatoms. The van der Waals surface area contributed by atoms with Gasteiger partial charge in [0.2, 0.25) is 0 Å². The predicted octanol–water partition coefficient (Wildman–Crippen LogP) is 6.22. The average molecular weight is 411 g/mol. The second kappa shape index (κ2) is 8.93. The Morgan fingerprint density at radius 2 is 0.867 bits per heavy atom. The predicted molar refractivity (Wildman–Crippen MR) is 124 cm³/mol. The quantitative estimate of drug-likeness (QED) is 0.354. The number of hydrogen-bond donors (Lipinski definition) is 0. The third-order valence-corrected chi connectivity index (χ3v) is 6.67. The summed E-state index contributed by atoms with van der Waals surface area (Å²) >= 11 is 0. The van der Waals surface area contributed by atoms with Gasteiger partial charge in [0.1, 0.15) is 0 Å². The van der Waals surface area contributed by atoms with Gasteiger partial charge in [-0.1, -0.05) is 121 Å². The summed E-state index contributed by atoms with van der Waals surface area (Å²) in [5, 5.41) is 0. The molecule has 0 saturated heterocycles. The molecule has 0 saturated carbocycles. The van der Waals surface area contributed by atoms with Gasteiger partial charge in [-0.25, -0.2) is 8.42 Å². The Balaban J connectivity index is 2.02. The fourth-order valence-corrected chi connectivity index (χ4v) is 5.39. The van der Waals surface area contributed by atoms with Crippen LogP contribution in [0.3, 0.4) is 0 Å². The lowest BCUT2D eigenvalue weighted by Crippen LogP contribution is -2.10. The van der Waals surface area contributed by atoms with Crippen LogP contribution in [-0.2, 0) is 15.6 Å². The van der Waals surface area contributed by atoms with E-state index >= 15 is 0 Å². The zero-order valence-corrected chi connectivity index (χ0v) is 17.3. The molecule has 0 heterocycles. The van der Waals surface area contributed by atoms with Gasteiger partial charge in [-0.15, -0.1) is 0 Å². The van der Waals surface area contributed by atoms with Gasteiger partial charge >= 0.3 is 0 Å². The van der Waals surface area contributed by atoms with Crippen LogP contribution in [0.1, 0.15) is 22.3 Å². The van der Waals surface area contributed by atoms with Gasteiger partial charge in [0, 0.05) is 5.57 Å². The SMILES string of the molecule is O=S(=O)(Cc1ccccc1)C(=C(c1ccccc1)c1ccccc1)c1ccccc1. The van der Waals surface area contributed by atoms with Crippen molar-refractivity contribution in [3.63, 3.8) is 0 Å². The van der Waals surface area contributed by atoms with Crippen LogP contribution >= 0.6 is 0 Å². The van der Waals surface area contributed by atoms with Gasteiger partial charge in [0.15, 0.2) is 9.84 Å². The van der Waals surface area contributed by atoms with E-state index in [0.29, 0.717) is 10.5 Å². The van der Waals surface area contributed by atoms with Crippen LogP contribution < -0.4 is 0 Å². The third kappa shape index (κ3) is 4.42. The summed E-state index contributed by atoms with van der Waals surface area (Å²) < 4.78 is 27.7. The molecule has 0 radical (unpaired) electrons. The molecule has 0 atom stereocenters. The summed E-state index contributed by atoms with van der Waals surface area (Å²) in [7, 11) is -3.64. The van der Waals surface area contributed by atoms with E-state index in [9.17, 15) is 8.42 Å². The van der Waals surface area contributed by atoms with Crippen molar-refractivity contribution in [1.29, 1.82) is 0 Å². The first kappa shape index (κ1) is 19.9. The molecule has 0 bridgehead atoms. The lowest BCUT2D eigenvalue weighted by Gasteiger charge is -2.18. The molecule has 0 aliphatic rings. The third-order valence-electron chi connectivity index (χ3n) is 4.90. The second-order valence-electron chi connectivity index (χ2n) is 7.05. The molecule has 0 unspecified atom stereocenters. The normalized spacial score (nSPS) is 11.1. The number of rotatable bonds is 6. The first-order valence-electron chi connectivity index (χ1n) is 9.82. The van der Waals surface area contributed by atoms with E-state index in [-0.39, 0.29) is 5.75 Å². The van der Waals surface area contributed by atoms with E-state index in [4.69, 9.17) is 0 Å². The summed E-state index contributed by atoms with van der Waals surface area (Å²) in [5.74, 6) is -0.0543. The maximum Gasteiger partial charge on any atom is 0.183 e. The highest BCUT2D eigenvalue weighted by molar-refractivity contribution is 8.00. The fraction of sp³-hybridized carbons (Fsp3) is 0.0370. The van der Waals surface area contributed by atoms with Crippen LogP contribution in [0.25, 0.3) is 10.5 Å². The first-order chi connectivity index (χ1) is 14.6. The van der Waals surface area contributed by atoms with Crippen molar-refractivity contribution >= 4 is 20.3 Å². The van der Waals surface area contributed by atoms with Crippen LogP contribution in [0.2, 0.25) is 0 Å². The topological polar surface area (TPSA) is 34.1 Å². The van der Waals surface area contributed by atoms with Crippen LogP contribution in [0.4, 0.5) is 0 Å². The van der Waals surface area contributed by atoms with Crippen molar-refractivity contribution in [3.05, 3.63) is 144 Å². The zero-order valence-electron chi connectivity index (χ0n) is 16.5. The van der Waals surface area contributed by atoms with E-state index < -0.39 is 9.84 Å². The van der Waals surface area contributed by atoms with Crippen molar-refractivity contribution in [2.75, 3.05) is 0 Å². The number of sulfone groups is 1. The van der Waals surface area contributed by atoms with Gasteiger partial charge in [-0.2, -0.15) is 0 Å². The van der Waals surface area contributed by atoms with Gasteiger partial charge in [-0.05, 0) is 22.3 Å². The molecule has 0 amide bonds. The van der Waals surface area contributed by atoms with Gasteiger partial charge in [0.05, 0.1) is 10.7 Å². The van der Waals surface area contributed by atoms with E-state index in [0.717, 1.165) is 22.3 Å². The highest BCUT2D eigenvalue weighted by Crippen LogP contribution is 2.37. The second-order valence-corrected chi connectivity index (χ2v) is 8.97. The minimum Gasteiger partial charge on any atom is -0.223 e. The molecular weight excluding hydrogens is 388 g/mol. The summed E-state index contributed by atoms with van der Waals surface area (Å²) in [4.78, 5) is 0.351. The largest absolute Gasteiger partial charge is 0.223 e. The minimum atomic E-state index is -3.64. The van der Waals surface area contributed by atoms with Gasteiger partial charge in [0.25, 0.3) is 0 Å². The minimum absolute atomic E-state index is 0.0543. The van der Waals surface area contributed by atoms with Crippen LogP contribution in [0.15, 0.2) is 121 Å². The molecule has 0 spiro atoms. The molecule has 148 valence electrons. The summed E-state index contributed by atoms with van der Waals surface area (Å²) in [6, 6.07) is 38.2. The molecule has 0 aliphatic carbocycles. The fourth-order valence-electron chi connectivity index (χ4n) is 3.57. The summed E-state index contributed by atoms with van der Waals surface area (Å²) in [6.07, 6.45) is 0. The van der Waals surface area contributed by atoms with Crippen molar-refractivity contribution in [3.8, 4) is 0 Å². The molecule has 0 N–H and O–H groups in total. The molecule has 2 nitrogen and oxygen atoms in total. The maximum absolute atomic E-state index is 13.8. The molecule has 0 fully saturated rings. The Labute approximate surface area is 178 Å². The molecule has 30 heavy (non-hydrogen) atoms. The van der Waals surface area contributed by atoms with E-state index in [1.165, 1.54) is 0 Å². The lowest BCUT2D eigenvalue weighted by atomic mass is 9.95. The van der Waals surface area contributed by atoms with Crippen LogP contribution in [-0.4, -0.2) is 8.42 Å². The molecular formula is C27H22O2S. The van der Waals surface area contributed by atoms with Gasteiger partial charge < -0.3 is 0 Å². The molecule has 0 aromatic heterocycles. The molecule has 4 rings (SSSR count). The van der Waals surface area contributed by atoms with Crippen molar-refractivity contribution in [2.24, 2.45) is 0 Å². The van der Waals surface area contributed by atoms with E-state index in [1.54, 1.807) is 0 Å². The molecule has 4 aromatic carbocycles. The van der Waals surface area contributed by atoms with Crippen molar-refractivity contribution in [2.45, 2.75) is 5.75 Å². The first-order valence-corrected chi connectivity index (χ1v) is 11.5. The van der Waals surface area contributed by atoms with Crippen molar-refractivity contribution in [1.82, 2.24) is 0 Å². The average Bonchev–Trinajstić information content (AvgIpc) is 2.79. The standard InChI is InChI=1S/C27H22O2S/c28-30(29,21-22-13-5-1-6-14-22)27(25-19-11-4-12-20-25)26(23-15-7-2-8-16-23)24-17-9-3-10-18-24/h1-20H,21H2. The van der Waals surface area contributed by atoms with E-state index in [2.05, 4.69) is 0 Å². The Morgan fingerprint density at radius 1 is 0.500 bits per heavy atom. The highest BCUT2D eigenvalue weighted by atomic mass is 32.2. The Kier molecular flexibility index (Phi) is 5.92. The lowest BCUT2D eigenvalue weighted by molar-refractivity contribution is 0.605. The Hall–Kier alpha value is -3.43. The number of benzene rings is 4. The smallest absolute Gasteiger partial charge is 0.183 e. The zero-order chi connectivity index (χ0) is 20.8. The molecule has 0 aliphatic heterocycles. The summed E-state index contributed by atoms with van der Waals surface area (Å²) in [6.45, 7) is 0. The maximum atomic E-state index is 13.8. The van der Waals surface area contributed by atoms with E-state index in [1.807, 2.05) is 121 Å². The number of hydrogen-bond acceptors (Lipinski definition) is 2. The van der Waals surface area contributed by atoms with Crippen molar-refractivity contribution < 1.29 is 8.42 Å². The van der Waals surface area contributed by atoms with Gasteiger partial charge in [-0.3, -0.25) is 0 Å². The van der Waals surface area contributed by atoms with Crippen LogP contribution in [0.5, 0.6) is 0 Å². The van der Waals surface area contributed by atoms with Crippen LogP contribution in [0, 0.1) is 0 Å². The monoisotopic (exact) mass is 410 g/mol. The Bertz CT molecular complexity index is 1190.